The number of hydrogen-bond acceptors (Lipinski definition) is 3. The molecule has 0 bridgehead atoms. The monoisotopic (exact) mass is 647 g/mol. The number of rotatable bonds is 3. The first-order valence-corrected chi connectivity index (χ1v) is 17.8. The SMILES string of the molecule is c1ccc(-c2ccc3sc4ccc5nc(-n6c7ccccc7c7c6ccc6c8ccccc8n(-c8ccccc8)c67)sc5c4c3c2)cc1. The lowest BCUT2D eigenvalue weighted by atomic mass is 10.0. The Morgan fingerprint density at radius 3 is 1.98 bits per heavy atom. The highest BCUT2D eigenvalue weighted by Gasteiger charge is 2.22. The van der Waals surface area contributed by atoms with Crippen LogP contribution < -0.4 is 0 Å². The largest absolute Gasteiger partial charge is 0.309 e. The molecule has 11 aromatic rings. The molecule has 0 amide bonds. The Hall–Kier alpha value is -5.75. The molecule has 0 atom stereocenters. The standard InChI is InChI=1S/C43H25N3S2/c1-3-11-26(12-4-1)27-19-23-37-32(25-27)40-38(47-37)24-21-33-42(40)48-43(44-33)46-35-18-10-8-16-31(35)39-36(46)22-20-30-29-15-7-9-17-34(29)45(41(30)39)28-13-5-2-6-14-28/h1-25H. The van der Waals surface area contributed by atoms with Gasteiger partial charge in [0.2, 0.25) is 0 Å². The first-order valence-electron chi connectivity index (χ1n) is 16.1. The average molecular weight is 648 g/mol. The summed E-state index contributed by atoms with van der Waals surface area (Å²) in [5.74, 6) is 0. The van der Waals surface area contributed by atoms with Crippen LogP contribution in [0.2, 0.25) is 0 Å². The van der Waals surface area contributed by atoms with E-state index < -0.39 is 0 Å². The van der Waals surface area contributed by atoms with E-state index in [1.54, 1.807) is 11.3 Å². The van der Waals surface area contributed by atoms with Gasteiger partial charge in [0.1, 0.15) is 0 Å². The molecule has 4 heterocycles. The van der Waals surface area contributed by atoms with Crippen LogP contribution in [0, 0.1) is 0 Å². The minimum atomic E-state index is 0.990. The molecule has 0 aliphatic carbocycles. The molecule has 0 aliphatic heterocycles. The topological polar surface area (TPSA) is 22.8 Å². The molecule has 224 valence electrons. The molecule has 0 saturated carbocycles. The summed E-state index contributed by atoms with van der Waals surface area (Å²) in [7, 11) is 0. The van der Waals surface area contributed by atoms with Gasteiger partial charge >= 0.3 is 0 Å². The summed E-state index contributed by atoms with van der Waals surface area (Å²) in [4.78, 5) is 5.36. The Bertz CT molecular complexity index is 3050. The predicted molar refractivity (Wildman–Crippen MR) is 207 cm³/mol. The van der Waals surface area contributed by atoms with Crippen LogP contribution in [0.5, 0.6) is 0 Å². The van der Waals surface area contributed by atoms with E-state index >= 15 is 0 Å². The molecule has 0 N–H and O–H groups in total. The highest BCUT2D eigenvalue weighted by molar-refractivity contribution is 7.28. The van der Waals surface area contributed by atoms with Gasteiger partial charge in [0, 0.05) is 47.4 Å². The lowest BCUT2D eigenvalue weighted by Gasteiger charge is -2.09. The normalized spacial score (nSPS) is 12.2. The third-order valence-electron chi connectivity index (χ3n) is 9.76. The van der Waals surface area contributed by atoms with Gasteiger partial charge in [-0.3, -0.25) is 4.57 Å². The molecular weight excluding hydrogens is 623 g/mol. The van der Waals surface area contributed by atoms with Crippen molar-refractivity contribution in [2.24, 2.45) is 0 Å². The van der Waals surface area contributed by atoms with Gasteiger partial charge in [-0.25, -0.2) is 4.98 Å². The van der Waals surface area contributed by atoms with Crippen molar-refractivity contribution in [2.45, 2.75) is 0 Å². The number of para-hydroxylation sites is 3. The summed E-state index contributed by atoms with van der Waals surface area (Å²) in [6.07, 6.45) is 0. The maximum Gasteiger partial charge on any atom is 0.195 e. The van der Waals surface area contributed by atoms with E-state index in [0.29, 0.717) is 0 Å². The summed E-state index contributed by atoms with van der Waals surface area (Å²) in [6.45, 7) is 0. The minimum Gasteiger partial charge on any atom is -0.309 e. The molecule has 0 saturated heterocycles. The van der Waals surface area contributed by atoms with Crippen molar-refractivity contribution < 1.29 is 0 Å². The Labute approximate surface area is 283 Å². The Kier molecular flexibility index (Phi) is 5.42. The molecule has 11 rings (SSSR count). The predicted octanol–water partition coefficient (Wildman–Crippen LogP) is 12.5. The summed E-state index contributed by atoms with van der Waals surface area (Å²) in [6, 6.07) is 54.9. The van der Waals surface area contributed by atoms with Crippen molar-refractivity contribution in [1.82, 2.24) is 14.1 Å². The molecule has 0 unspecified atom stereocenters. The minimum absolute atomic E-state index is 0.990. The van der Waals surface area contributed by atoms with Crippen molar-refractivity contribution in [2.75, 3.05) is 0 Å². The lowest BCUT2D eigenvalue weighted by Crippen LogP contribution is -1.94. The fraction of sp³-hybridized carbons (Fsp3) is 0. The third kappa shape index (κ3) is 3.60. The second-order valence-corrected chi connectivity index (χ2v) is 14.4. The Balaban J connectivity index is 1.23. The number of hydrogen-bond donors (Lipinski definition) is 0. The molecule has 4 aromatic heterocycles. The van der Waals surface area contributed by atoms with Crippen LogP contribution in [0.3, 0.4) is 0 Å². The smallest absolute Gasteiger partial charge is 0.195 e. The molecular formula is C43H25N3S2. The van der Waals surface area contributed by atoms with Crippen molar-refractivity contribution in [3.05, 3.63) is 152 Å². The molecule has 7 aromatic carbocycles. The van der Waals surface area contributed by atoms with Crippen LogP contribution in [0.25, 0.3) is 95.9 Å². The van der Waals surface area contributed by atoms with Crippen molar-refractivity contribution in [3.8, 4) is 21.9 Å². The van der Waals surface area contributed by atoms with Gasteiger partial charge in [-0.1, -0.05) is 108 Å². The van der Waals surface area contributed by atoms with Gasteiger partial charge < -0.3 is 4.57 Å². The quantitative estimate of drug-likeness (QED) is 0.187. The van der Waals surface area contributed by atoms with E-state index in [0.717, 1.165) is 16.3 Å². The zero-order valence-corrected chi connectivity index (χ0v) is 27.2. The third-order valence-corrected chi connectivity index (χ3v) is 12.0. The highest BCUT2D eigenvalue weighted by Crippen LogP contribution is 2.45. The van der Waals surface area contributed by atoms with Gasteiger partial charge in [0.15, 0.2) is 5.13 Å². The number of aromatic nitrogens is 3. The molecule has 0 radical (unpaired) electrons. The lowest BCUT2D eigenvalue weighted by molar-refractivity contribution is 1.15. The maximum atomic E-state index is 5.36. The van der Waals surface area contributed by atoms with Crippen LogP contribution >= 0.6 is 22.7 Å². The van der Waals surface area contributed by atoms with Crippen LogP contribution in [-0.2, 0) is 0 Å². The number of nitrogens with zero attached hydrogens (tertiary/aromatic N) is 3. The van der Waals surface area contributed by atoms with Gasteiger partial charge in [0.05, 0.1) is 32.3 Å². The summed E-state index contributed by atoms with van der Waals surface area (Å²) in [5, 5.41) is 8.60. The first-order chi connectivity index (χ1) is 23.8. The second-order valence-electron chi connectivity index (χ2n) is 12.4. The summed E-state index contributed by atoms with van der Waals surface area (Å²) >= 11 is 3.66. The van der Waals surface area contributed by atoms with Crippen LogP contribution in [-0.4, -0.2) is 14.1 Å². The van der Waals surface area contributed by atoms with E-state index in [9.17, 15) is 0 Å². The first kappa shape index (κ1) is 26.3. The number of benzene rings is 7. The molecule has 3 nitrogen and oxygen atoms in total. The number of thiazole rings is 1. The number of thiophene rings is 1. The van der Waals surface area contributed by atoms with Crippen molar-refractivity contribution >= 4 is 96.7 Å². The van der Waals surface area contributed by atoms with E-state index in [2.05, 4.69) is 161 Å². The van der Waals surface area contributed by atoms with Gasteiger partial charge in [-0.15, -0.1) is 11.3 Å². The van der Waals surface area contributed by atoms with Crippen molar-refractivity contribution in [3.63, 3.8) is 0 Å². The molecule has 5 heteroatoms. The van der Waals surface area contributed by atoms with Crippen LogP contribution in [0.1, 0.15) is 0 Å². The molecule has 0 spiro atoms. The van der Waals surface area contributed by atoms with E-state index in [4.69, 9.17) is 4.98 Å². The summed E-state index contributed by atoms with van der Waals surface area (Å²) < 4.78 is 8.67. The average Bonchev–Trinajstić information content (AvgIpc) is 3.90. The Morgan fingerprint density at radius 1 is 0.438 bits per heavy atom. The van der Waals surface area contributed by atoms with Gasteiger partial charge in [0.25, 0.3) is 0 Å². The molecule has 48 heavy (non-hydrogen) atoms. The molecule has 0 aliphatic rings. The second kappa shape index (κ2) is 9.88. The van der Waals surface area contributed by atoms with Gasteiger partial charge in [-0.05, 0) is 65.7 Å². The molecule has 0 fully saturated rings. The van der Waals surface area contributed by atoms with E-state index in [1.165, 1.54) is 79.6 Å². The van der Waals surface area contributed by atoms with Crippen LogP contribution in [0.15, 0.2) is 152 Å². The van der Waals surface area contributed by atoms with E-state index in [-0.39, 0.29) is 0 Å². The van der Waals surface area contributed by atoms with Gasteiger partial charge in [-0.2, -0.15) is 0 Å². The fourth-order valence-corrected chi connectivity index (χ4v) is 10.0. The zero-order valence-electron chi connectivity index (χ0n) is 25.6. The zero-order chi connectivity index (χ0) is 31.3. The highest BCUT2D eigenvalue weighted by atomic mass is 32.1. The van der Waals surface area contributed by atoms with Crippen LogP contribution in [0.4, 0.5) is 0 Å². The van der Waals surface area contributed by atoms with Crippen molar-refractivity contribution in [1.29, 1.82) is 0 Å². The summed E-state index contributed by atoms with van der Waals surface area (Å²) in [5.41, 5.74) is 9.46. The maximum absolute atomic E-state index is 5.36. The fourth-order valence-electron chi connectivity index (χ4n) is 7.70. The Morgan fingerprint density at radius 2 is 1.15 bits per heavy atom. The number of fused-ring (bicyclic) bond motifs is 12. The van der Waals surface area contributed by atoms with E-state index in [1.807, 2.05) is 11.3 Å².